The van der Waals surface area contributed by atoms with E-state index in [2.05, 4.69) is 10.6 Å². The van der Waals surface area contributed by atoms with Crippen LogP contribution in [0.25, 0.3) is 0 Å². The van der Waals surface area contributed by atoms with Gasteiger partial charge in [-0.1, -0.05) is 35.9 Å². The zero-order valence-corrected chi connectivity index (χ0v) is 13.5. The number of aryl methyl sites for hydroxylation is 1. The molecule has 0 aliphatic carbocycles. The summed E-state index contributed by atoms with van der Waals surface area (Å²) in [6.07, 6.45) is 0. The molecule has 2 aromatic carbocycles. The Balaban J connectivity index is 1.81. The van der Waals surface area contributed by atoms with Crippen molar-refractivity contribution in [1.82, 2.24) is 5.32 Å². The second-order valence-electron chi connectivity index (χ2n) is 4.57. The third-order valence-electron chi connectivity index (χ3n) is 2.80. The molecule has 1 amide bonds. The van der Waals surface area contributed by atoms with Crippen LogP contribution in [0.2, 0.25) is 5.02 Å². The van der Waals surface area contributed by atoms with E-state index in [9.17, 15) is 4.79 Å². The van der Waals surface area contributed by atoms with Crippen LogP contribution in [0.5, 0.6) is 5.75 Å². The molecule has 0 saturated heterocycles. The van der Waals surface area contributed by atoms with Crippen molar-refractivity contribution in [1.29, 1.82) is 0 Å². The van der Waals surface area contributed by atoms with E-state index in [1.54, 1.807) is 18.2 Å². The van der Waals surface area contributed by atoms with Gasteiger partial charge >= 0.3 is 0 Å². The first kappa shape index (κ1) is 16.3. The van der Waals surface area contributed by atoms with Crippen LogP contribution < -0.4 is 15.4 Å². The number of hydrogen-bond donors (Lipinski definition) is 2. The maximum Gasteiger partial charge on any atom is 0.264 e. The molecule has 0 atom stereocenters. The lowest BCUT2D eigenvalue weighted by Gasteiger charge is -2.11. The van der Waals surface area contributed by atoms with Crippen LogP contribution in [0.3, 0.4) is 0 Å². The van der Waals surface area contributed by atoms with Gasteiger partial charge in [-0.05, 0) is 49.0 Å². The third-order valence-corrected chi connectivity index (χ3v) is 3.41. The summed E-state index contributed by atoms with van der Waals surface area (Å²) in [4.78, 5) is 11.7. The van der Waals surface area contributed by atoms with Gasteiger partial charge in [0.25, 0.3) is 5.91 Å². The first-order valence-corrected chi connectivity index (χ1v) is 7.38. The number of hydrogen-bond acceptors (Lipinski definition) is 3. The molecule has 0 heterocycles. The summed E-state index contributed by atoms with van der Waals surface area (Å²) in [6, 6.07) is 14.5. The first-order valence-electron chi connectivity index (χ1n) is 6.59. The van der Waals surface area contributed by atoms with Crippen LogP contribution in [0.1, 0.15) is 5.56 Å². The summed E-state index contributed by atoms with van der Waals surface area (Å²) in [5, 5.41) is 6.27. The number of benzene rings is 2. The van der Waals surface area contributed by atoms with Gasteiger partial charge in [0.1, 0.15) is 5.75 Å². The molecule has 0 radical (unpaired) electrons. The second-order valence-corrected chi connectivity index (χ2v) is 5.38. The van der Waals surface area contributed by atoms with E-state index in [0.29, 0.717) is 16.5 Å². The smallest absolute Gasteiger partial charge is 0.264 e. The normalized spacial score (nSPS) is 9.91. The molecule has 4 nitrogen and oxygen atoms in total. The quantitative estimate of drug-likeness (QED) is 0.840. The number of carbonyl (C=O) groups is 1. The van der Waals surface area contributed by atoms with E-state index >= 15 is 0 Å². The Morgan fingerprint density at radius 3 is 2.64 bits per heavy atom. The van der Waals surface area contributed by atoms with Crippen molar-refractivity contribution in [2.75, 3.05) is 11.9 Å². The highest BCUT2D eigenvalue weighted by molar-refractivity contribution is 7.80. The SMILES string of the molecule is Cc1ccc(NC(=S)NC(=O)COc2ccccc2)cc1Cl. The number of para-hydroxylation sites is 1. The zero-order chi connectivity index (χ0) is 15.9. The molecule has 2 aromatic rings. The van der Waals surface area contributed by atoms with E-state index < -0.39 is 0 Å². The maximum atomic E-state index is 11.7. The van der Waals surface area contributed by atoms with Gasteiger partial charge in [0, 0.05) is 10.7 Å². The number of rotatable bonds is 4. The highest BCUT2D eigenvalue weighted by Gasteiger charge is 2.06. The summed E-state index contributed by atoms with van der Waals surface area (Å²) in [5.41, 5.74) is 1.68. The molecule has 6 heteroatoms. The van der Waals surface area contributed by atoms with Crippen LogP contribution >= 0.6 is 23.8 Å². The highest BCUT2D eigenvalue weighted by atomic mass is 35.5. The molecule has 0 saturated carbocycles. The van der Waals surface area contributed by atoms with Crippen molar-refractivity contribution in [3.05, 3.63) is 59.1 Å². The molecule has 0 spiro atoms. The Morgan fingerprint density at radius 1 is 1.23 bits per heavy atom. The third kappa shape index (κ3) is 5.02. The zero-order valence-electron chi connectivity index (χ0n) is 11.9. The second kappa shape index (κ2) is 7.77. The monoisotopic (exact) mass is 334 g/mol. The molecule has 114 valence electrons. The number of amides is 1. The van der Waals surface area contributed by atoms with Crippen LogP contribution in [0.15, 0.2) is 48.5 Å². The van der Waals surface area contributed by atoms with Crippen LogP contribution in [0.4, 0.5) is 5.69 Å². The number of halogens is 1. The van der Waals surface area contributed by atoms with Gasteiger partial charge in [-0.2, -0.15) is 0 Å². The molecule has 0 fully saturated rings. The number of carbonyl (C=O) groups excluding carboxylic acids is 1. The first-order chi connectivity index (χ1) is 10.5. The molecule has 0 aliphatic rings. The Morgan fingerprint density at radius 2 is 1.95 bits per heavy atom. The van der Waals surface area contributed by atoms with E-state index in [-0.39, 0.29) is 17.6 Å². The van der Waals surface area contributed by atoms with Gasteiger partial charge < -0.3 is 10.1 Å². The highest BCUT2D eigenvalue weighted by Crippen LogP contribution is 2.19. The van der Waals surface area contributed by atoms with Crippen LogP contribution in [-0.2, 0) is 4.79 Å². The molecule has 0 aliphatic heterocycles. The summed E-state index contributed by atoms with van der Waals surface area (Å²) in [5.74, 6) is 0.293. The van der Waals surface area contributed by atoms with E-state index in [1.165, 1.54) is 0 Å². The average Bonchev–Trinajstić information content (AvgIpc) is 2.50. The Hall–Kier alpha value is -2.11. The molecule has 2 rings (SSSR count). The standard InChI is InChI=1S/C16H15ClN2O2S/c1-11-7-8-12(9-14(11)17)18-16(22)19-15(20)10-21-13-5-3-2-4-6-13/h2-9H,10H2,1H3,(H2,18,19,20,22). The topological polar surface area (TPSA) is 50.4 Å². The van der Waals surface area contributed by atoms with Crippen LogP contribution in [-0.4, -0.2) is 17.6 Å². The van der Waals surface area contributed by atoms with E-state index in [4.69, 9.17) is 28.6 Å². The van der Waals surface area contributed by atoms with E-state index in [0.717, 1.165) is 5.56 Å². The van der Waals surface area contributed by atoms with Gasteiger partial charge in [-0.3, -0.25) is 10.1 Å². The molecular formula is C16H15ClN2O2S. The lowest BCUT2D eigenvalue weighted by molar-refractivity contribution is -0.121. The molecule has 0 aromatic heterocycles. The minimum absolute atomic E-state index is 0.111. The largest absolute Gasteiger partial charge is 0.484 e. The lowest BCUT2D eigenvalue weighted by Crippen LogP contribution is -2.37. The Kier molecular flexibility index (Phi) is 5.75. The van der Waals surface area contributed by atoms with Crippen molar-refractivity contribution in [2.24, 2.45) is 0 Å². The fourth-order valence-electron chi connectivity index (χ4n) is 1.66. The minimum Gasteiger partial charge on any atom is -0.484 e. The van der Waals surface area contributed by atoms with Crippen molar-refractivity contribution in [3.8, 4) is 5.75 Å². The minimum atomic E-state index is -0.334. The van der Waals surface area contributed by atoms with Crippen molar-refractivity contribution < 1.29 is 9.53 Å². The van der Waals surface area contributed by atoms with Gasteiger partial charge in [-0.25, -0.2) is 0 Å². The van der Waals surface area contributed by atoms with Crippen LogP contribution in [0, 0.1) is 6.92 Å². The number of nitrogens with one attached hydrogen (secondary N) is 2. The lowest BCUT2D eigenvalue weighted by atomic mass is 10.2. The summed E-state index contributed by atoms with van der Waals surface area (Å²) < 4.78 is 5.33. The molecule has 0 bridgehead atoms. The van der Waals surface area contributed by atoms with Gasteiger partial charge in [0.2, 0.25) is 0 Å². The predicted molar refractivity (Wildman–Crippen MR) is 92.5 cm³/mol. The average molecular weight is 335 g/mol. The van der Waals surface area contributed by atoms with Gasteiger partial charge in [0.05, 0.1) is 0 Å². The number of ether oxygens (including phenoxy) is 1. The summed E-state index contributed by atoms with van der Waals surface area (Å²) in [7, 11) is 0. The van der Waals surface area contributed by atoms with Crippen molar-refractivity contribution in [2.45, 2.75) is 6.92 Å². The molecule has 22 heavy (non-hydrogen) atoms. The predicted octanol–water partition coefficient (Wildman–Crippen LogP) is 3.54. The molecular weight excluding hydrogens is 320 g/mol. The number of thiocarbonyl (C=S) groups is 1. The Labute approximate surface area is 139 Å². The summed E-state index contributed by atoms with van der Waals surface area (Å²) >= 11 is 11.1. The number of anilines is 1. The fraction of sp³-hybridized carbons (Fsp3) is 0.125. The van der Waals surface area contributed by atoms with Crippen molar-refractivity contribution >= 4 is 40.5 Å². The van der Waals surface area contributed by atoms with Gasteiger partial charge in [-0.15, -0.1) is 0 Å². The van der Waals surface area contributed by atoms with E-state index in [1.807, 2.05) is 37.3 Å². The van der Waals surface area contributed by atoms with Crippen molar-refractivity contribution in [3.63, 3.8) is 0 Å². The fourth-order valence-corrected chi connectivity index (χ4v) is 2.07. The molecule has 2 N–H and O–H groups in total. The maximum absolute atomic E-state index is 11.7. The molecule has 0 unspecified atom stereocenters. The summed E-state index contributed by atoms with van der Waals surface area (Å²) in [6.45, 7) is 1.80. The Bertz CT molecular complexity index is 677. The van der Waals surface area contributed by atoms with Gasteiger partial charge in [0.15, 0.2) is 11.7 Å².